The number of fused-ring (bicyclic) bond motifs is 1. The summed E-state index contributed by atoms with van der Waals surface area (Å²) >= 11 is 0. The van der Waals surface area contributed by atoms with Gasteiger partial charge in [-0.1, -0.05) is 42.0 Å². The third-order valence-corrected chi connectivity index (χ3v) is 7.34. The minimum absolute atomic E-state index is 0.0807. The minimum atomic E-state index is -5.29. The van der Waals surface area contributed by atoms with Crippen molar-refractivity contribution in [3.05, 3.63) is 111 Å². The van der Waals surface area contributed by atoms with Crippen LogP contribution in [0.5, 0.6) is 0 Å². The number of aromatic nitrogens is 3. The van der Waals surface area contributed by atoms with Crippen LogP contribution in [0.4, 0.5) is 33.6 Å². The lowest BCUT2D eigenvalue weighted by Crippen LogP contribution is -2.35. The lowest BCUT2D eigenvalue weighted by molar-refractivity contribution is -0.200. The molecule has 0 bridgehead atoms. The highest BCUT2D eigenvalue weighted by molar-refractivity contribution is 5.96. The van der Waals surface area contributed by atoms with Crippen LogP contribution in [-0.4, -0.2) is 56.9 Å². The number of ether oxygens (including phenoxy) is 1. The number of carbonyl (C=O) groups is 2. The van der Waals surface area contributed by atoms with Crippen molar-refractivity contribution in [3.8, 4) is 16.9 Å². The third kappa shape index (κ3) is 7.89. The van der Waals surface area contributed by atoms with Crippen LogP contribution >= 0.6 is 0 Å². The van der Waals surface area contributed by atoms with Gasteiger partial charge in [-0.2, -0.15) is 18.2 Å². The van der Waals surface area contributed by atoms with E-state index in [2.05, 4.69) is 25.3 Å². The lowest BCUT2D eigenvalue weighted by Gasteiger charge is -2.20. The number of esters is 1. The van der Waals surface area contributed by atoms with E-state index in [1.54, 1.807) is 25.1 Å². The molecule has 5 rings (SSSR count). The number of aliphatic hydroxyl groups is 1. The summed E-state index contributed by atoms with van der Waals surface area (Å²) in [5, 5.41) is 15.4. The summed E-state index contributed by atoms with van der Waals surface area (Å²) < 4.78 is 73.2. The Bertz CT molecular complexity index is 2100. The molecule has 0 saturated heterocycles. The molecule has 254 valence electrons. The molecule has 0 spiro atoms. The van der Waals surface area contributed by atoms with Crippen LogP contribution in [0.25, 0.3) is 28.0 Å². The van der Waals surface area contributed by atoms with Gasteiger partial charge in [-0.05, 0) is 55.3 Å². The summed E-state index contributed by atoms with van der Waals surface area (Å²) in [6, 6.07) is 16.4. The maximum Gasteiger partial charge on any atom is 0.490 e. The van der Waals surface area contributed by atoms with Crippen LogP contribution in [0.15, 0.2) is 77.6 Å². The van der Waals surface area contributed by atoms with E-state index >= 15 is 8.78 Å². The van der Waals surface area contributed by atoms with Crippen molar-refractivity contribution < 1.29 is 41.4 Å². The standard InChI is InChI=1S/C34H28F5N5O5/c1-18-5-3-6-20(13-18)14-27(46)40-21-10-9-19(2)24(15-21)29-23-11-12-28(47)44(30-25(35)7-4-8-26(30)36)31(23)43-33(42-29)41-22(16-45)17-49-32(48)34(37,38)39/h3-13,15,22,45H,14,16-17H2,1-2H3,(H,40,46)(H,41,42,43). The molecule has 3 aromatic carbocycles. The lowest BCUT2D eigenvalue weighted by atomic mass is 10.0. The molecule has 0 aliphatic rings. The van der Waals surface area contributed by atoms with E-state index in [9.17, 15) is 32.7 Å². The number of pyridine rings is 1. The molecule has 49 heavy (non-hydrogen) atoms. The number of alkyl halides is 3. The van der Waals surface area contributed by atoms with Gasteiger partial charge in [-0.15, -0.1) is 0 Å². The molecule has 2 aromatic heterocycles. The number of benzene rings is 3. The van der Waals surface area contributed by atoms with Crippen LogP contribution in [0.3, 0.4) is 0 Å². The fraction of sp³-hybridized carbons (Fsp3) is 0.206. The predicted octanol–water partition coefficient (Wildman–Crippen LogP) is 5.40. The number of halogens is 5. The van der Waals surface area contributed by atoms with Gasteiger partial charge in [0.1, 0.15) is 23.9 Å². The average Bonchev–Trinajstić information content (AvgIpc) is 3.03. The Morgan fingerprint density at radius 1 is 0.959 bits per heavy atom. The van der Waals surface area contributed by atoms with Gasteiger partial charge in [0.25, 0.3) is 5.56 Å². The number of aliphatic hydroxyl groups excluding tert-OH is 1. The van der Waals surface area contributed by atoms with E-state index in [1.165, 1.54) is 6.07 Å². The zero-order valence-electron chi connectivity index (χ0n) is 25.9. The fourth-order valence-electron chi connectivity index (χ4n) is 5.05. The first kappa shape index (κ1) is 34.6. The monoisotopic (exact) mass is 681 g/mol. The Labute approximate surface area is 275 Å². The van der Waals surface area contributed by atoms with Gasteiger partial charge < -0.3 is 20.5 Å². The molecule has 0 aliphatic heterocycles. The van der Waals surface area contributed by atoms with Crippen LogP contribution < -0.4 is 16.2 Å². The fourth-order valence-corrected chi connectivity index (χ4v) is 5.05. The maximum absolute atomic E-state index is 15.0. The van der Waals surface area contributed by atoms with Crippen molar-refractivity contribution in [1.82, 2.24) is 14.5 Å². The number of hydrogen-bond acceptors (Lipinski definition) is 8. The number of para-hydroxylation sites is 1. The van der Waals surface area contributed by atoms with E-state index in [1.807, 2.05) is 31.2 Å². The first-order chi connectivity index (χ1) is 23.2. The van der Waals surface area contributed by atoms with Crippen molar-refractivity contribution >= 4 is 34.5 Å². The van der Waals surface area contributed by atoms with Crippen LogP contribution in [-0.2, 0) is 20.7 Å². The second-order valence-electron chi connectivity index (χ2n) is 11.1. The highest BCUT2D eigenvalue weighted by Crippen LogP contribution is 2.33. The third-order valence-electron chi connectivity index (χ3n) is 7.34. The van der Waals surface area contributed by atoms with E-state index in [-0.39, 0.29) is 29.1 Å². The van der Waals surface area contributed by atoms with Crippen molar-refractivity contribution in [3.63, 3.8) is 0 Å². The van der Waals surface area contributed by atoms with Crippen LogP contribution in [0.2, 0.25) is 0 Å². The minimum Gasteiger partial charge on any atom is -0.457 e. The van der Waals surface area contributed by atoms with Gasteiger partial charge in [0.05, 0.1) is 24.8 Å². The Kier molecular flexibility index (Phi) is 10.0. The molecule has 10 nitrogen and oxygen atoms in total. The molecule has 0 saturated carbocycles. The summed E-state index contributed by atoms with van der Waals surface area (Å²) in [5.74, 6) is -5.39. The molecule has 0 fully saturated rings. The molecule has 15 heteroatoms. The van der Waals surface area contributed by atoms with Gasteiger partial charge >= 0.3 is 12.1 Å². The van der Waals surface area contributed by atoms with Crippen molar-refractivity contribution in [2.75, 3.05) is 23.8 Å². The van der Waals surface area contributed by atoms with Gasteiger partial charge in [-0.3, -0.25) is 14.2 Å². The number of rotatable bonds is 10. The number of hydrogen-bond donors (Lipinski definition) is 3. The number of aryl methyl sites for hydroxylation is 2. The average molecular weight is 682 g/mol. The molecule has 1 atom stereocenters. The topological polar surface area (TPSA) is 135 Å². The highest BCUT2D eigenvalue weighted by atomic mass is 19.4. The second kappa shape index (κ2) is 14.2. The molecule has 1 unspecified atom stereocenters. The van der Waals surface area contributed by atoms with Crippen LogP contribution in [0, 0.1) is 25.5 Å². The van der Waals surface area contributed by atoms with E-state index in [0.717, 1.165) is 35.4 Å². The van der Waals surface area contributed by atoms with E-state index in [4.69, 9.17) is 0 Å². The SMILES string of the molecule is Cc1cccc(CC(=O)Nc2ccc(C)c(-c3nc(NC(CO)COC(=O)C(F)(F)F)nc4c3ccc(=O)n4-c3c(F)cccc3F)c2)c1. The van der Waals surface area contributed by atoms with Gasteiger partial charge in [-0.25, -0.2) is 18.6 Å². The zero-order chi connectivity index (χ0) is 35.5. The Morgan fingerprint density at radius 2 is 1.67 bits per heavy atom. The Hall–Kier alpha value is -5.70. The molecule has 2 heterocycles. The summed E-state index contributed by atoms with van der Waals surface area (Å²) in [5.41, 5.74) is 1.29. The summed E-state index contributed by atoms with van der Waals surface area (Å²) in [6.45, 7) is 1.80. The number of amides is 1. The van der Waals surface area contributed by atoms with Crippen molar-refractivity contribution in [2.45, 2.75) is 32.5 Å². The largest absolute Gasteiger partial charge is 0.490 e. The summed E-state index contributed by atoms with van der Waals surface area (Å²) in [7, 11) is 0. The van der Waals surface area contributed by atoms with Gasteiger partial charge in [0.15, 0.2) is 5.65 Å². The number of nitrogens with zero attached hydrogens (tertiary/aromatic N) is 3. The number of anilines is 2. The number of carbonyl (C=O) groups excluding carboxylic acids is 2. The van der Waals surface area contributed by atoms with Crippen molar-refractivity contribution in [2.24, 2.45) is 0 Å². The predicted molar refractivity (Wildman–Crippen MR) is 170 cm³/mol. The van der Waals surface area contributed by atoms with E-state index < -0.39 is 60.2 Å². The zero-order valence-corrected chi connectivity index (χ0v) is 25.9. The summed E-state index contributed by atoms with van der Waals surface area (Å²) in [4.78, 5) is 46.1. The Balaban J connectivity index is 1.63. The van der Waals surface area contributed by atoms with Crippen molar-refractivity contribution in [1.29, 1.82) is 0 Å². The molecule has 5 aromatic rings. The van der Waals surface area contributed by atoms with E-state index in [0.29, 0.717) is 21.4 Å². The quantitative estimate of drug-likeness (QED) is 0.132. The molecular formula is C34H28F5N5O5. The normalized spacial score (nSPS) is 12.1. The molecule has 0 radical (unpaired) electrons. The molecule has 0 aliphatic carbocycles. The molecule has 1 amide bonds. The molecular weight excluding hydrogens is 653 g/mol. The smallest absolute Gasteiger partial charge is 0.457 e. The molecule has 3 N–H and O–H groups in total. The van der Waals surface area contributed by atoms with Gasteiger partial charge in [0.2, 0.25) is 11.9 Å². The first-order valence-corrected chi connectivity index (χ1v) is 14.7. The highest BCUT2D eigenvalue weighted by Gasteiger charge is 2.41. The Morgan fingerprint density at radius 3 is 2.35 bits per heavy atom. The van der Waals surface area contributed by atoms with Crippen LogP contribution in [0.1, 0.15) is 16.7 Å². The summed E-state index contributed by atoms with van der Waals surface area (Å²) in [6.07, 6.45) is -5.21. The maximum atomic E-state index is 15.0. The second-order valence-corrected chi connectivity index (χ2v) is 11.1. The first-order valence-electron chi connectivity index (χ1n) is 14.7. The number of nitrogens with one attached hydrogen (secondary N) is 2. The van der Waals surface area contributed by atoms with Gasteiger partial charge in [0, 0.05) is 22.7 Å².